The number of carbonyl (C=O) groups excluding carboxylic acids is 2. The summed E-state index contributed by atoms with van der Waals surface area (Å²) in [6, 6.07) is 4.14. The number of hydrogen-bond acceptors (Lipinski definition) is 5. The number of hydrogen-bond donors (Lipinski definition) is 2. The average Bonchev–Trinajstić information content (AvgIpc) is 3.27. The highest BCUT2D eigenvalue weighted by Gasteiger charge is 2.36. The highest BCUT2D eigenvalue weighted by Crippen LogP contribution is 2.35. The molecular formula is C20H12ClF2N3O4S. The van der Waals surface area contributed by atoms with E-state index in [1.165, 1.54) is 23.3 Å². The molecule has 1 aliphatic rings. The zero-order valence-electron chi connectivity index (χ0n) is 15.7. The lowest BCUT2D eigenvalue weighted by atomic mass is 9.95. The molecular weight excluding hydrogens is 452 g/mol. The number of esters is 1. The maximum absolute atomic E-state index is 14.0. The van der Waals surface area contributed by atoms with E-state index in [-0.39, 0.29) is 34.3 Å². The van der Waals surface area contributed by atoms with Crippen molar-refractivity contribution in [2.75, 3.05) is 13.7 Å². The average molecular weight is 464 g/mol. The van der Waals surface area contributed by atoms with Crippen LogP contribution in [0.2, 0.25) is 4.34 Å². The first-order chi connectivity index (χ1) is 14.7. The Morgan fingerprint density at radius 1 is 1.16 bits per heavy atom. The van der Waals surface area contributed by atoms with Gasteiger partial charge in [-0.25, -0.2) is 13.6 Å². The fourth-order valence-corrected chi connectivity index (χ4v) is 4.94. The van der Waals surface area contributed by atoms with Crippen molar-refractivity contribution in [3.63, 3.8) is 0 Å². The standard InChI is InChI=1S/C20H12ClF2N3O4S/c1-26(19(28)12-4-14-11(24-12)5-15(21)31-14)13-6-30-20(29)17-16(13)7-2-9(22)10(23)3-8(7)18(27)25-17/h2-5,13,24H,6H2,1H3,(H,25,27)/t13-/m1/s1. The Morgan fingerprint density at radius 3 is 2.58 bits per heavy atom. The predicted octanol–water partition coefficient (Wildman–Crippen LogP) is 3.99. The molecule has 1 aliphatic heterocycles. The maximum atomic E-state index is 14.0. The molecule has 1 atom stereocenters. The van der Waals surface area contributed by atoms with Crippen molar-refractivity contribution in [3.05, 3.63) is 67.5 Å². The molecule has 0 saturated carbocycles. The van der Waals surface area contributed by atoms with E-state index in [4.69, 9.17) is 16.3 Å². The summed E-state index contributed by atoms with van der Waals surface area (Å²) in [4.78, 5) is 44.4. The Bertz CT molecular complexity index is 1440. The van der Waals surface area contributed by atoms with Gasteiger partial charge in [-0.05, 0) is 29.7 Å². The molecule has 3 aromatic heterocycles. The predicted molar refractivity (Wildman–Crippen MR) is 111 cm³/mol. The summed E-state index contributed by atoms with van der Waals surface area (Å²) in [6.45, 7) is -0.213. The summed E-state index contributed by atoms with van der Waals surface area (Å²) in [5.41, 5.74) is 0.218. The van der Waals surface area contributed by atoms with Crippen molar-refractivity contribution in [2.45, 2.75) is 6.04 Å². The van der Waals surface area contributed by atoms with Gasteiger partial charge in [0.2, 0.25) is 0 Å². The number of pyridine rings is 1. The van der Waals surface area contributed by atoms with Crippen LogP contribution in [0.5, 0.6) is 0 Å². The van der Waals surface area contributed by atoms with Crippen LogP contribution in [0.25, 0.3) is 21.0 Å². The summed E-state index contributed by atoms with van der Waals surface area (Å²) in [6.07, 6.45) is 0. The number of halogens is 3. The number of aromatic amines is 2. The number of benzene rings is 1. The lowest BCUT2D eigenvalue weighted by molar-refractivity contribution is 0.0281. The van der Waals surface area contributed by atoms with Gasteiger partial charge >= 0.3 is 5.97 Å². The third-order valence-corrected chi connectivity index (χ3v) is 6.52. The SMILES string of the molecule is CN(C(=O)c1cc2sc(Cl)cc2[nH]1)[C@@H]1COC(=O)c2[nH]c(=O)c3cc(F)c(F)cc3c21. The molecule has 4 heterocycles. The Balaban J connectivity index is 1.64. The Morgan fingerprint density at radius 2 is 1.87 bits per heavy atom. The Hall–Kier alpha value is -3.24. The molecule has 0 aliphatic carbocycles. The Kier molecular flexibility index (Phi) is 4.38. The number of fused-ring (bicyclic) bond motifs is 4. The Labute approximate surface area is 181 Å². The molecule has 11 heteroatoms. The number of aromatic nitrogens is 2. The van der Waals surface area contributed by atoms with Crippen LogP contribution in [0, 0.1) is 11.6 Å². The summed E-state index contributed by atoms with van der Waals surface area (Å²) in [7, 11) is 1.49. The topological polar surface area (TPSA) is 95.3 Å². The highest BCUT2D eigenvalue weighted by molar-refractivity contribution is 7.22. The van der Waals surface area contributed by atoms with Crippen LogP contribution in [0.1, 0.15) is 32.6 Å². The van der Waals surface area contributed by atoms with Crippen molar-refractivity contribution < 1.29 is 23.1 Å². The molecule has 5 rings (SSSR count). The first-order valence-corrected chi connectivity index (χ1v) is 10.2. The van der Waals surface area contributed by atoms with Crippen LogP contribution >= 0.6 is 22.9 Å². The van der Waals surface area contributed by atoms with Gasteiger partial charge in [0.05, 0.1) is 26.0 Å². The van der Waals surface area contributed by atoms with Gasteiger partial charge in [0.15, 0.2) is 11.6 Å². The molecule has 1 amide bonds. The normalized spacial score (nSPS) is 15.9. The second-order valence-corrected chi connectivity index (χ2v) is 8.81. The van der Waals surface area contributed by atoms with Gasteiger partial charge in [-0.3, -0.25) is 9.59 Å². The van der Waals surface area contributed by atoms with E-state index in [1.54, 1.807) is 12.1 Å². The van der Waals surface area contributed by atoms with Gasteiger partial charge in [-0.2, -0.15) is 0 Å². The second-order valence-electron chi connectivity index (χ2n) is 7.10. The number of carbonyl (C=O) groups is 2. The number of ether oxygens (including phenoxy) is 1. The van der Waals surface area contributed by atoms with E-state index >= 15 is 0 Å². The highest BCUT2D eigenvalue weighted by atomic mass is 35.5. The van der Waals surface area contributed by atoms with Crippen LogP contribution in [0.3, 0.4) is 0 Å². The van der Waals surface area contributed by atoms with Crippen LogP contribution in [-0.2, 0) is 4.74 Å². The fourth-order valence-electron chi connectivity index (χ4n) is 3.80. The van der Waals surface area contributed by atoms with Gasteiger partial charge in [0.1, 0.15) is 18.0 Å². The fraction of sp³-hybridized carbons (Fsp3) is 0.150. The van der Waals surface area contributed by atoms with Crippen LogP contribution in [-0.4, -0.2) is 40.4 Å². The number of likely N-dealkylation sites (N-methyl/N-ethyl adjacent to an activating group) is 1. The zero-order chi connectivity index (χ0) is 22.0. The van der Waals surface area contributed by atoms with Crippen molar-refractivity contribution in [1.29, 1.82) is 0 Å². The van der Waals surface area contributed by atoms with Crippen molar-refractivity contribution in [3.8, 4) is 0 Å². The van der Waals surface area contributed by atoms with Crippen LogP contribution in [0.4, 0.5) is 8.78 Å². The van der Waals surface area contributed by atoms with Crippen LogP contribution in [0.15, 0.2) is 29.1 Å². The van der Waals surface area contributed by atoms with Gasteiger partial charge in [-0.15, -0.1) is 11.3 Å². The molecule has 0 radical (unpaired) electrons. The first-order valence-electron chi connectivity index (χ1n) is 9.02. The summed E-state index contributed by atoms with van der Waals surface area (Å²) in [5.74, 6) is -3.60. The smallest absolute Gasteiger partial charge is 0.355 e. The summed E-state index contributed by atoms with van der Waals surface area (Å²) in [5, 5.41) is -0.0913. The van der Waals surface area contributed by atoms with Gasteiger partial charge in [-0.1, -0.05) is 11.6 Å². The van der Waals surface area contributed by atoms with E-state index in [1.807, 2.05) is 0 Å². The molecule has 31 heavy (non-hydrogen) atoms. The molecule has 4 aromatic rings. The summed E-state index contributed by atoms with van der Waals surface area (Å²) < 4.78 is 34.3. The minimum Gasteiger partial charge on any atom is -0.458 e. The van der Waals surface area contributed by atoms with E-state index < -0.39 is 35.1 Å². The molecule has 0 bridgehead atoms. The number of nitrogens with one attached hydrogen (secondary N) is 2. The minimum atomic E-state index is -1.19. The van der Waals surface area contributed by atoms with Crippen molar-refractivity contribution >= 4 is 55.8 Å². The van der Waals surface area contributed by atoms with Gasteiger partial charge < -0.3 is 19.6 Å². The van der Waals surface area contributed by atoms with Gasteiger partial charge in [0, 0.05) is 12.6 Å². The third kappa shape index (κ3) is 3.02. The van der Waals surface area contributed by atoms with E-state index in [9.17, 15) is 23.2 Å². The lowest BCUT2D eigenvalue weighted by Crippen LogP contribution is -2.39. The van der Waals surface area contributed by atoms with Gasteiger partial charge in [0.25, 0.3) is 11.5 Å². The first kappa shape index (κ1) is 19.7. The molecule has 0 spiro atoms. The molecule has 7 nitrogen and oxygen atoms in total. The number of thiophene rings is 1. The zero-order valence-corrected chi connectivity index (χ0v) is 17.3. The number of cyclic esters (lactones) is 1. The van der Waals surface area contributed by atoms with E-state index in [2.05, 4.69) is 9.97 Å². The quantitative estimate of drug-likeness (QED) is 0.439. The number of nitrogens with zero attached hydrogens (tertiary/aromatic N) is 1. The molecule has 0 unspecified atom stereocenters. The number of amides is 1. The minimum absolute atomic E-state index is 0.0400. The molecule has 2 N–H and O–H groups in total. The van der Waals surface area contributed by atoms with Crippen molar-refractivity contribution in [1.82, 2.24) is 14.9 Å². The molecule has 158 valence electrons. The molecule has 0 fully saturated rings. The summed E-state index contributed by atoms with van der Waals surface area (Å²) >= 11 is 7.28. The largest absolute Gasteiger partial charge is 0.458 e. The lowest BCUT2D eigenvalue weighted by Gasteiger charge is -2.32. The van der Waals surface area contributed by atoms with E-state index in [0.717, 1.165) is 16.8 Å². The maximum Gasteiger partial charge on any atom is 0.355 e. The monoisotopic (exact) mass is 463 g/mol. The third-order valence-electron chi connectivity index (χ3n) is 5.31. The molecule has 0 saturated heterocycles. The van der Waals surface area contributed by atoms with Crippen molar-refractivity contribution in [2.24, 2.45) is 0 Å². The molecule has 1 aromatic carbocycles. The van der Waals surface area contributed by atoms with E-state index in [0.29, 0.717) is 9.85 Å². The number of H-pyrrole nitrogens is 2. The number of rotatable bonds is 2. The van der Waals surface area contributed by atoms with Crippen LogP contribution < -0.4 is 5.56 Å². The second kappa shape index (κ2) is 6.89.